The zero-order valence-electron chi connectivity index (χ0n) is 10.7. The lowest BCUT2D eigenvalue weighted by molar-refractivity contribution is 0.0651. The number of aliphatic hydroxyl groups is 1. The van der Waals surface area contributed by atoms with Crippen molar-refractivity contribution in [1.82, 2.24) is 5.32 Å². The van der Waals surface area contributed by atoms with E-state index in [4.69, 9.17) is 0 Å². The van der Waals surface area contributed by atoms with E-state index in [1.54, 1.807) is 0 Å². The summed E-state index contributed by atoms with van der Waals surface area (Å²) in [6.07, 6.45) is 1.91. The highest BCUT2D eigenvalue weighted by atomic mass is 79.9. The summed E-state index contributed by atoms with van der Waals surface area (Å²) < 4.78 is 1.11. The van der Waals surface area contributed by atoms with E-state index in [-0.39, 0.29) is 0 Å². The minimum atomic E-state index is -0.487. The highest BCUT2D eigenvalue weighted by Gasteiger charge is 2.31. The van der Waals surface area contributed by atoms with Gasteiger partial charge in [0.2, 0.25) is 0 Å². The molecule has 0 bridgehead atoms. The van der Waals surface area contributed by atoms with Crippen LogP contribution < -0.4 is 5.32 Å². The van der Waals surface area contributed by atoms with Gasteiger partial charge >= 0.3 is 0 Å². The summed E-state index contributed by atoms with van der Waals surface area (Å²) in [6.45, 7) is 2.88. The molecule has 1 aromatic rings. The molecule has 18 heavy (non-hydrogen) atoms. The van der Waals surface area contributed by atoms with Crippen molar-refractivity contribution in [3.05, 3.63) is 34.3 Å². The molecule has 1 aromatic carbocycles. The SMILES string of the molecule is C[C@H](Cc1ccc(Br)cc1)NC[C@@]1(O)CCSC1. The second-order valence-corrected chi connectivity index (χ2v) is 7.16. The van der Waals surface area contributed by atoms with Crippen molar-refractivity contribution in [2.75, 3.05) is 18.1 Å². The van der Waals surface area contributed by atoms with Crippen LogP contribution in [0.15, 0.2) is 28.7 Å². The average molecular weight is 330 g/mol. The number of benzene rings is 1. The maximum atomic E-state index is 10.3. The first kappa shape index (κ1) is 14.4. The fraction of sp³-hybridized carbons (Fsp3) is 0.571. The normalized spacial score (nSPS) is 25.3. The third kappa shape index (κ3) is 4.26. The molecule has 0 unspecified atom stereocenters. The van der Waals surface area contributed by atoms with Crippen molar-refractivity contribution in [2.24, 2.45) is 0 Å². The van der Waals surface area contributed by atoms with Gasteiger partial charge in [-0.2, -0.15) is 11.8 Å². The van der Waals surface area contributed by atoms with Crippen molar-refractivity contribution < 1.29 is 5.11 Å². The molecule has 1 saturated heterocycles. The average Bonchev–Trinajstić information content (AvgIpc) is 2.78. The second kappa shape index (κ2) is 6.42. The van der Waals surface area contributed by atoms with Crippen LogP contribution in [0.5, 0.6) is 0 Å². The molecule has 0 radical (unpaired) electrons. The molecule has 0 spiro atoms. The first-order valence-electron chi connectivity index (χ1n) is 6.35. The molecule has 0 amide bonds. The predicted octanol–water partition coefficient (Wildman–Crippen LogP) is 2.84. The van der Waals surface area contributed by atoms with Crippen LogP contribution >= 0.6 is 27.7 Å². The van der Waals surface area contributed by atoms with Gasteiger partial charge in [0, 0.05) is 22.8 Å². The molecule has 2 atom stereocenters. The molecule has 100 valence electrons. The molecule has 0 aromatic heterocycles. The number of halogens is 1. The van der Waals surface area contributed by atoms with Gasteiger partial charge in [0.1, 0.15) is 0 Å². The Morgan fingerprint density at radius 1 is 1.44 bits per heavy atom. The van der Waals surface area contributed by atoms with Gasteiger partial charge in [-0.15, -0.1) is 0 Å². The zero-order chi connectivity index (χ0) is 13.0. The molecule has 1 aliphatic heterocycles. The summed E-state index contributed by atoms with van der Waals surface area (Å²) in [4.78, 5) is 0. The van der Waals surface area contributed by atoms with Crippen LogP contribution in [0, 0.1) is 0 Å². The first-order chi connectivity index (χ1) is 8.57. The maximum absolute atomic E-state index is 10.3. The fourth-order valence-electron chi connectivity index (χ4n) is 2.15. The maximum Gasteiger partial charge on any atom is 0.0869 e. The molecule has 0 saturated carbocycles. The van der Waals surface area contributed by atoms with Gasteiger partial charge in [0.25, 0.3) is 0 Å². The van der Waals surface area contributed by atoms with Crippen molar-refractivity contribution in [3.63, 3.8) is 0 Å². The number of hydrogen-bond donors (Lipinski definition) is 2. The van der Waals surface area contributed by atoms with Crippen LogP contribution in [0.3, 0.4) is 0 Å². The Morgan fingerprint density at radius 3 is 2.78 bits per heavy atom. The van der Waals surface area contributed by atoms with Gasteiger partial charge in [-0.25, -0.2) is 0 Å². The Bertz CT molecular complexity index is 376. The van der Waals surface area contributed by atoms with Crippen molar-refractivity contribution in [2.45, 2.75) is 31.4 Å². The van der Waals surface area contributed by atoms with E-state index in [0.717, 1.165) is 28.8 Å². The van der Waals surface area contributed by atoms with E-state index in [0.29, 0.717) is 12.6 Å². The number of nitrogens with one attached hydrogen (secondary N) is 1. The van der Waals surface area contributed by atoms with Crippen LogP contribution in [0.2, 0.25) is 0 Å². The van der Waals surface area contributed by atoms with Crippen molar-refractivity contribution in [3.8, 4) is 0 Å². The third-order valence-corrected chi connectivity index (χ3v) is 5.08. The molecule has 2 nitrogen and oxygen atoms in total. The summed E-state index contributed by atoms with van der Waals surface area (Å²) in [5, 5.41) is 13.7. The highest BCUT2D eigenvalue weighted by molar-refractivity contribution is 9.10. The Kier molecular flexibility index (Phi) is 5.13. The molecular weight excluding hydrogens is 310 g/mol. The zero-order valence-corrected chi connectivity index (χ0v) is 13.1. The summed E-state index contributed by atoms with van der Waals surface area (Å²) in [7, 11) is 0. The number of hydrogen-bond acceptors (Lipinski definition) is 3. The van der Waals surface area contributed by atoms with Crippen LogP contribution in [0.1, 0.15) is 18.9 Å². The van der Waals surface area contributed by atoms with E-state index in [1.807, 2.05) is 11.8 Å². The van der Waals surface area contributed by atoms with Gasteiger partial charge in [-0.05, 0) is 43.2 Å². The molecular formula is C14H20BrNOS. The number of thioether (sulfide) groups is 1. The Balaban J connectivity index is 1.78. The summed E-state index contributed by atoms with van der Waals surface area (Å²) in [5.74, 6) is 1.95. The molecule has 2 N–H and O–H groups in total. The van der Waals surface area contributed by atoms with E-state index in [1.165, 1.54) is 5.56 Å². The standard InChI is InChI=1S/C14H20BrNOS/c1-11(8-12-2-4-13(15)5-3-12)16-9-14(17)6-7-18-10-14/h2-5,11,16-17H,6-10H2,1H3/t11-,14+/m1/s1. The Hall–Kier alpha value is -0.0300. The van der Waals surface area contributed by atoms with Crippen molar-refractivity contribution in [1.29, 1.82) is 0 Å². The molecule has 1 heterocycles. The van der Waals surface area contributed by atoms with Gasteiger partial charge in [0.05, 0.1) is 5.60 Å². The molecule has 1 fully saturated rings. The fourth-order valence-corrected chi connectivity index (χ4v) is 3.71. The van der Waals surface area contributed by atoms with E-state index in [9.17, 15) is 5.11 Å². The van der Waals surface area contributed by atoms with E-state index >= 15 is 0 Å². The topological polar surface area (TPSA) is 32.3 Å². The first-order valence-corrected chi connectivity index (χ1v) is 8.30. The van der Waals surface area contributed by atoms with Crippen LogP contribution in [-0.4, -0.2) is 34.8 Å². The number of rotatable bonds is 5. The van der Waals surface area contributed by atoms with E-state index in [2.05, 4.69) is 52.4 Å². The second-order valence-electron chi connectivity index (χ2n) is 5.14. The van der Waals surface area contributed by atoms with Gasteiger partial charge < -0.3 is 10.4 Å². The predicted molar refractivity (Wildman–Crippen MR) is 82.2 cm³/mol. The van der Waals surface area contributed by atoms with Crippen LogP contribution in [0.25, 0.3) is 0 Å². The summed E-state index contributed by atoms with van der Waals surface area (Å²) in [6, 6.07) is 8.82. The lowest BCUT2D eigenvalue weighted by atomic mass is 10.0. The molecule has 4 heteroatoms. The van der Waals surface area contributed by atoms with Crippen LogP contribution in [-0.2, 0) is 6.42 Å². The molecule has 2 rings (SSSR count). The lowest BCUT2D eigenvalue weighted by Crippen LogP contribution is -2.44. The van der Waals surface area contributed by atoms with Crippen LogP contribution in [0.4, 0.5) is 0 Å². The van der Waals surface area contributed by atoms with E-state index < -0.39 is 5.60 Å². The highest BCUT2D eigenvalue weighted by Crippen LogP contribution is 2.27. The van der Waals surface area contributed by atoms with Crippen molar-refractivity contribution >= 4 is 27.7 Å². The van der Waals surface area contributed by atoms with Gasteiger partial charge in [-0.3, -0.25) is 0 Å². The Morgan fingerprint density at radius 2 is 2.17 bits per heavy atom. The smallest absolute Gasteiger partial charge is 0.0869 e. The summed E-state index contributed by atoms with van der Waals surface area (Å²) in [5.41, 5.74) is 0.838. The molecule has 0 aliphatic carbocycles. The van der Waals surface area contributed by atoms with Gasteiger partial charge in [-0.1, -0.05) is 28.1 Å². The minimum Gasteiger partial charge on any atom is -0.388 e. The lowest BCUT2D eigenvalue weighted by Gasteiger charge is -2.24. The quantitative estimate of drug-likeness (QED) is 0.871. The molecule has 1 aliphatic rings. The Labute approximate surface area is 122 Å². The summed E-state index contributed by atoms with van der Waals surface area (Å²) >= 11 is 5.29. The van der Waals surface area contributed by atoms with Gasteiger partial charge in [0.15, 0.2) is 0 Å². The minimum absolute atomic E-state index is 0.390. The monoisotopic (exact) mass is 329 g/mol. The largest absolute Gasteiger partial charge is 0.388 e. The third-order valence-electron chi connectivity index (χ3n) is 3.32.